The highest BCUT2D eigenvalue weighted by Crippen LogP contribution is 2.13. The maximum absolute atomic E-state index is 11.8. The van der Waals surface area contributed by atoms with Gasteiger partial charge in [0.05, 0.1) is 5.69 Å². The molecule has 1 aromatic heterocycles. The number of aryl methyl sites for hydroxylation is 2. The van der Waals surface area contributed by atoms with E-state index in [4.69, 9.17) is 0 Å². The summed E-state index contributed by atoms with van der Waals surface area (Å²) in [7, 11) is 1.84. The molecule has 0 bridgehead atoms. The highest BCUT2D eigenvalue weighted by Gasteiger charge is 2.14. The van der Waals surface area contributed by atoms with Crippen LogP contribution in [-0.4, -0.2) is 28.3 Å². The molecule has 1 unspecified atom stereocenters. The number of rotatable bonds is 4. The van der Waals surface area contributed by atoms with Crippen LogP contribution in [-0.2, 0) is 11.8 Å². The molecule has 1 aliphatic rings. The van der Waals surface area contributed by atoms with Crippen molar-refractivity contribution < 1.29 is 4.79 Å². The minimum Gasteiger partial charge on any atom is -0.314 e. The molecular formula is C13H22N4O. The van der Waals surface area contributed by atoms with Gasteiger partial charge in [0.1, 0.15) is 5.82 Å². The highest BCUT2D eigenvalue weighted by atomic mass is 16.1. The van der Waals surface area contributed by atoms with Crippen molar-refractivity contribution in [3.63, 3.8) is 0 Å². The molecule has 1 amide bonds. The van der Waals surface area contributed by atoms with E-state index in [-0.39, 0.29) is 5.91 Å². The fourth-order valence-electron chi connectivity index (χ4n) is 2.41. The third kappa shape index (κ3) is 3.57. The normalized spacial score (nSPS) is 19.8. The van der Waals surface area contributed by atoms with Crippen molar-refractivity contribution in [1.82, 2.24) is 15.1 Å². The monoisotopic (exact) mass is 250 g/mol. The number of anilines is 1. The second-order valence-electron chi connectivity index (χ2n) is 5.03. The Bertz CT molecular complexity index is 407. The van der Waals surface area contributed by atoms with Gasteiger partial charge in [0, 0.05) is 25.6 Å². The molecule has 5 nitrogen and oxygen atoms in total. The molecule has 2 N–H and O–H groups in total. The number of hydrogen-bond donors (Lipinski definition) is 2. The fourth-order valence-corrected chi connectivity index (χ4v) is 2.41. The van der Waals surface area contributed by atoms with E-state index in [2.05, 4.69) is 15.7 Å². The largest absolute Gasteiger partial charge is 0.314 e. The lowest BCUT2D eigenvalue weighted by molar-refractivity contribution is -0.116. The summed E-state index contributed by atoms with van der Waals surface area (Å²) in [5, 5.41) is 10.6. The van der Waals surface area contributed by atoms with E-state index in [1.54, 1.807) is 4.68 Å². The SMILES string of the molecule is Cc1cc(NC(=O)CCC2CCCCN2)n(C)n1. The van der Waals surface area contributed by atoms with Gasteiger partial charge in [0.2, 0.25) is 5.91 Å². The summed E-state index contributed by atoms with van der Waals surface area (Å²) >= 11 is 0. The molecule has 2 rings (SSSR count). The van der Waals surface area contributed by atoms with Gasteiger partial charge in [-0.3, -0.25) is 9.48 Å². The van der Waals surface area contributed by atoms with E-state index in [9.17, 15) is 4.79 Å². The number of amides is 1. The summed E-state index contributed by atoms with van der Waals surface area (Å²) in [5.74, 6) is 0.847. The Morgan fingerprint density at radius 3 is 3.06 bits per heavy atom. The number of carbonyl (C=O) groups is 1. The molecule has 0 spiro atoms. The van der Waals surface area contributed by atoms with Crippen LogP contribution in [0.4, 0.5) is 5.82 Å². The molecule has 1 fully saturated rings. The van der Waals surface area contributed by atoms with Crippen LogP contribution < -0.4 is 10.6 Å². The number of hydrogen-bond acceptors (Lipinski definition) is 3. The molecule has 2 heterocycles. The first-order valence-corrected chi connectivity index (χ1v) is 6.69. The van der Waals surface area contributed by atoms with Crippen LogP contribution in [0.5, 0.6) is 0 Å². The van der Waals surface area contributed by atoms with Crippen LogP contribution in [0.2, 0.25) is 0 Å². The standard InChI is InChI=1S/C13H22N4O/c1-10-9-12(17(2)16-10)15-13(18)7-6-11-5-3-4-8-14-11/h9,11,14H,3-8H2,1-2H3,(H,15,18). The zero-order valence-electron chi connectivity index (χ0n) is 11.2. The summed E-state index contributed by atoms with van der Waals surface area (Å²) in [6.07, 6.45) is 5.22. The molecule has 18 heavy (non-hydrogen) atoms. The quantitative estimate of drug-likeness (QED) is 0.853. The average molecular weight is 250 g/mol. The van der Waals surface area contributed by atoms with E-state index in [0.29, 0.717) is 12.5 Å². The van der Waals surface area contributed by atoms with Crippen LogP contribution in [0.15, 0.2) is 6.07 Å². The lowest BCUT2D eigenvalue weighted by Gasteiger charge is -2.22. The van der Waals surface area contributed by atoms with Crippen molar-refractivity contribution in [3.8, 4) is 0 Å². The molecule has 1 atom stereocenters. The zero-order valence-corrected chi connectivity index (χ0v) is 11.2. The van der Waals surface area contributed by atoms with Gasteiger partial charge in [-0.25, -0.2) is 0 Å². The minimum atomic E-state index is 0.0744. The Morgan fingerprint density at radius 1 is 1.61 bits per heavy atom. The Balaban J connectivity index is 1.76. The van der Waals surface area contributed by atoms with Gasteiger partial charge in [-0.1, -0.05) is 6.42 Å². The van der Waals surface area contributed by atoms with Gasteiger partial charge >= 0.3 is 0 Å². The number of nitrogens with zero attached hydrogens (tertiary/aromatic N) is 2. The molecular weight excluding hydrogens is 228 g/mol. The van der Waals surface area contributed by atoms with E-state index < -0.39 is 0 Å². The number of carbonyl (C=O) groups excluding carboxylic acids is 1. The van der Waals surface area contributed by atoms with Crippen LogP contribution in [0.3, 0.4) is 0 Å². The number of nitrogens with one attached hydrogen (secondary N) is 2. The average Bonchev–Trinajstić information content (AvgIpc) is 2.67. The maximum atomic E-state index is 11.8. The van der Waals surface area contributed by atoms with E-state index in [1.807, 2.05) is 20.0 Å². The smallest absolute Gasteiger partial charge is 0.225 e. The van der Waals surface area contributed by atoms with Gasteiger partial charge in [0.15, 0.2) is 0 Å². The van der Waals surface area contributed by atoms with Crippen molar-refractivity contribution >= 4 is 11.7 Å². The molecule has 1 aromatic rings. The molecule has 0 aromatic carbocycles. The first-order chi connectivity index (χ1) is 8.65. The zero-order chi connectivity index (χ0) is 13.0. The summed E-state index contributed by atoms with van der Waals surface area (Å²) in [4.78, 5) is 11.8. The van der Waals surface area contributed by atoms with E-state index in [1.165, 1.54) is 19.3 Å². The summed E-state index contributed by atoms with van der Waals surface area (Å²) in [6.45, 7) is 3.01. The first-order valence-electron chi connectivity index (χ1n) is 6.69. The number of aromatic nitrogens is 2. The lowest BCUT2D eigenvalue weighted by atomic mass is 10.0. The van der Waals surface area contributed by atoms with Gasteiger partial charge < -0.3 is 10.6 Å². The predicted molar refractivity (Wildman–Crippen MR) is 71.5 cm³/mol. The van der Waals surface area contributed by atoms with Crippen LogP contribution in [0.1, 0.15) is 37.8 Å². The molecule has 1 aliphatic heterocycles. The second-order valence-corrected chi connectivity index (χ2v) is 5.03. The Morgan fingerprint density at radius 2 is 2.44 bits per heavy atom. The third-order valence-corrected chi connectivity index (χ3v) is 3.40. The van der Waals surface area contributed by atoms with Crippen molar-refractivity contribution in [3.05, 3.63) is 11.8 Å². The summed E-state index contributed by atoms with van der Waals surface area (Å²) in [5.41, 5.74) is 0.918. The summed E-state index contributed by atoms with van der Waals surface area (Å²) in [6, 6.07) is 2.40. The second kappa shape index (κ2) is 6.00. The first kappa shape index (κ1) is 13.1. The molecule has 0 aliphatic carbocycles. The van der Waals surface area contributed by atoms with Gasteiger partial charge in [0.25, 0.3) is 0 Å². The van der Waals surface area contributed by atoms with Crippen LogP contribution >= 0.6 is 0 Å². The van der Waals surface area contributed by atoms with Crippen LogP contribution in [0.25, 0.3) is 0 Å². The van der Waals surface area contributed by atoms with Crippen molar-refractivity contribution in [2.24, 2.45) is 7.05 Å². The van der Waals surface area contributed by atoms with Gasteiger partial charge in [-0.15, -0.1) is 0 Å². The Labute approximate surface area is 108 Å². The summed E-state index contributed by atoms with van der Waals surface area (Å²) < 4.78 is 1.70. The number of piperidine rings is 1. The van der Waals surface area contributed by atoms with Crippen molar-refractivity contribution in [2.75, 3.05) is 11.9 Å². The van der Waals surface area contributed by atoms with Crippen molar-refractivity contribution in [1.29, 1.82) is 0 Å². The molecule has 0 saturated carbocycles. The lowest BCUT2D eigenvalue weighted by Crippen LogP contribution is -2.34. The highest BCUT2D eigenvalue weighted by molar-refractivity contribution is 5.89. The van der Waals surface area contributed by atoms with E-state index in [0.717, 1.165) is 24.5 Å². The third-order valence-electron chi connectivity index (χ3n) is 3.40. The van der Waals surface area contributed by atoms with Gasteiger partial charge in [-0.05, 0) is 32.7 Å². The minimum absolute atomic E-state index is 0.0744. The fraction of sp³-hybridized carbons (Fsp3) is 0.692. The van der Waals surface area contributed by atoms with Crippen molar-refractivity contribution in [2.45, 2.75) is 45.1 Å². The van der Waals surface area contributed by atoms with E-state index >= 15 is 0 Å². The predicted octanol–water partition coefficient (Wildman–Crippen LogP) is 1.59. The maximum Gasteiger partial charge on any atom is 0.225 e. The Kier molecular flexibility index (Phi) is 4.36. The topological polar surface area (TPSA) is 59.0 Å². The van der Waals surface area contributed by atoms with Crippen LogP contribution in [0, 0.1) is 6.92 Å². The van der Waals surface area contributed by atoms with Gasteiger partial charge in [-0.2, -0.15) is 5.10 Å². The molecule has 5 heteroatoms. The molecule has 1 saturated heterocycles. The molecule has 100 valence electrons. The Hall–Kier alpha value is -1.36. The molecule has 0 radical (unpaired) electrons.